The van der Waals surface area contributed by atoms with Crippen LogP contribution < -0.4 is 9.92 Å². The molecule has 0 unspecified atom stereocenters. The fourth-order valence-electron chi connectivity index (χ4n) is 2.30. The molecular formula is C16H13N3O5S. The average molecular weight is 359 g/mol. The van der Waals surface area contributed by atoms with Gasteiger partial charge in [-0.25, -0.2) is 4.98 Å². The maximum Gasteiger partial charge on any atom is 0.355 e. The largest absolute Gasteiger partial charge is 0.392 e. The molecule has 0 spiro atoms. The van der Waals surface area contributed by atoms with Gasteiger partial charge in [0.15, 0.2) is 0 Å². The van der Waals surface area contributed by atoms with E-state index in [0.717, 1.165) is 5.56 Å². The van der Waals surface area contributed by atoms with E-state index < -0.39 is 26.6 Å². The van der Waals surface area contributed by atoms with Crippen LogP contribution in [-0.2, 0) is 10.1 Å². The van der Waals surface area contributed by atoms with Gasteiger partial charge in [0.25, 0.3) is 0 Å². The van der Waals surface area contributed by atoms with Crippen molar-refractivity contribution >= 4 is 32.4 Å². The van der Waals surface area contributed by atoms with Crippen molar-refractivity contribution in [1.82, 2.24) is 4.98 Å². The fraction of sp³-hybridized carbons (Fsp3) is 0.0625. The highest BCUT2D eigenvalue weighted by molar-refractivity contribution is 7.87. The van der Waals surface area contributed by atoms with Crippen LogP contribution in [0.5, 0.6) is 5.88 Å². The summed E-state index contributed by atoms with van der Waals surface area (Å²) in [7, 11) is -4.29. The third-order valence-corrected chi connectivity index (χ3v) is 4.78. The zero-order valence-corrected chi connectivity index (χ0v) is 13.9. The molecule has 3 rings (SSSR count). The molecule has 0 atom stereocenters. The first-order valence-corrected chi connectivity index (χ1v) is 8.54. The molecule has 0 radical (unpaired) electrons. The highest BCUT2D eigenvalue weighted by Crippen LogP contribution is 2.37. The Morgan fingerprint density at radius 2 is 1.76 bits per heavy atom. The van der Waals surface area contributed by atoms with Crippen molar-refractivity contribution in [3.05, 3.63) is 64.2 Å². The van der Waals surface area contributed by atoms with E-state index in [-0.39, 0.29) is 10.6 Å². The summed E-state index contributed by atoms with van der Waals surface area (Å²) in [5, 5.41) is 11.7. The summed E-state index contributed by atoms with van der Waals surface area (Å²) in [5.41, 5.74) is 6.10. The Balaban J connectivity index is 2.16. The summed E-state index contributed by atoms with van der Waals surface area (Å²) in [6.45, 7) is 1.80. The van der Waals surface area contributed by atoms with Crippen molar-refractivity contribution in [2.75, 3.05) is 5.73 Å². The predicted molar refractivity (Wildman–Crippen MR) is 91.8 cm³/mol. The second kappa shape index (κ2) is 6.02. The molecule has 0 aliphatic heterocycles. The normalized spacial score (nSPS) is 11.4. The molecule has 9 heteroatoms. The first-order valence-electron chi connectivity index (χ1n) is 7.13. The van der Waals surface area contributed by atoms with Crippen LogP contribution in [0.4, 0.5) is 11.4 Å². The second-order valence-electron chi connectivity index (χ2n) is 5.30. The lowest BCUT2D eigenvalue weighted by Crippen LogP contribution is -2.13. The maximum atomic E-state index is 12.4. The van der Waals surface area contributed by atoms with E-state index in [1.54, 1.807) is 43.3 Å². The molecular weight excluding hydrogens is 346 g/mol. The molecule has 8 nitrogen and oxygen atoms in total. The number of nitrogen functional groups attached to an aromatic ring is 1. The summed E-state index contributed by atoms with van der Waals surface area (Å²) >= 11 is 0. The molecule has 25 heavy (non-hydrogen) atoms. The molecule has 0 aliphatic rings. The molecule has 128 valence electrons. The minimum Gasteiger partial charge on any atom is -0.392 e. The standard InChI is InChI=1S/C16H13N3O5S/c1-10-6-8-11(9-7-10)25(22,23)24-16-15(19(20)21)14(17)12-4-2-3-5-13(12)18-16/h2-9H,1H3,(H2,17,18). The summed E-state index contributed by atoms with van der Waals surface area (Å²) in [6, 6.07) is 12.3. The van der Waals surface area contributed by atoms with E-state index >= 15 is 0 Å². The molecule has 3 aromatic rings. The van der Waals surface area contributed by atoms with Gasteiger partial charge in [0.2, 0.25) is 0 Å². The van der Waals surface area contributed by atoms with Crippen molar-refractivity contribution in [1.29, 1.82) is 0 Å². The van der Waals surface area contributed by atoms with Crippen molar-refractivity contribution in [2.24, 2.45) is 0 Å². The van der Waals surface area contributed by atoms with Crippen LogP contribution in [0.2, 0.25) is 0 Å². The summed E-state index contributed by atoms with van der Waals surface area (Å²) in [6.07, 6.45) is 0. The Labute approximate surface area is 143 Å². The number of hydrogen-bond acceptors (Lipinski definition) is 7. The zero-order valence-electron chi connectivity index (χ0n) is 13.0. The van der Waals surface area contributed by atoms with E-state index in [9.17, 15) is 18.5 Å². The highest BCUT2D eigenvalue weighted by Gasteiger charge is 2.29. The number of nitrogens with two attached hydrogens (primary N) is 1. The van der Waals surface area contributed by atoms with Crippen LogP contribution in [-0.4, -0.2) is 18.3 Å². The number of para-hydroxylation sites is 1. The summed E-state index contributed by atoms with van der Waals surface area (Å²) in [4.78, 5) is 14.4. The van der Waals surface area contributed by atoms with Crippen LogP contribution in [0.15, 0.2) is 53.4 Å². The number of rotatable bonds is 4. The van der Waals surface area contributed by atoms with Crippen molar-refractivity contribution in [3.63, 3.8) is 0 Å². The van der Waals surface area contributed by atoms with Crippen LogP contribution >= 0.6 is 0 Å². The SMILES string of the molecule is Cc1ccc(S(=O)(=O)Oc2nc3ccccc3c(N)c2[N+](=O)[O-])cc1. The Bertz CT molecular complexity index is 1080. The topological polar surface area (TPSA) is 125 Å². The molecule has 1 heterocycles. The van der Waals surface area contributed by atoms with E-state index in [1.165, 1.54) is 12.1 Å². The lowest BCUT2D eigenvalue weighted by Gasteiger charge is -2.10. The fourth-order valence-corrected chi connectivity index (χ4v) is 3.19. The van der Waals surface area contributed by atoms with Gasteiger partial charge >= 0.3 is 21.7 Å². The van der Waals surface area contributed by atoms with Gasteiger partial charge in [-0.3, -0.25) is 10.1 Å². The predicted octanol–water partition coefficient (Wildman–Crippen LogP) is 2.80. The number of anilines is 1. The molecule has 0 fully saturated rings. The molecule has 2 aromatic carbocycles. The smallest absolute Gasteiger partial charge is 0.355 e. The van der Waals surface area contributed by atoms with Crippen molar-refractivity contribution in [2.45, 2.75) is 11.8 Å². The minimum atomic E-state index is -4.29. The van der Waals surface area contributed by atoms with Gasteiger partial charge in [0, 0.05) is 5.39 Å². The molecule has 0 bridgehead atoms. The minimum absolute atomic E-state index is 0.138. The van der Waals surface area contributed by atoms with Gasteiger partial charge in [-0.2, -0.15) is 8.42 Å². The van der Waals surface area contributed by atoms with Gasteiger partial charge in [0.05, 0.1) is 10.4 Å². The van der Waals surface area contributed by atoms with Gasteiger partial charge < -0.3 is 9.92 Å². The maximum absolute atomic E-state index is 12.4. The third-order valence-electron chi connectivity index (χ3n) is 3.55. The molecule has 0 saturated heterocycles. The van der Waals surface area contributed by atoms with Gasteiger partial charge in [-0.15, -0.1) is 0 Å². The third kappa shape index (κ3) is 3.09. The van der Waals surface area contributed by atoms with E-state index in [4.69, 9.17) is 9.92 Å². The number of aryl methyl sites for hydroxylation is 1. The van der Waals surface area contributed by atoms with Crippen LogP contribution in [0.3, 0.4) is 0 Å². The van der Waals surface area contributed by atoms with E-state index in [2.05, 4.69) is 4.98 Å². The molecule has 0 amide bonds. The number of nitro groups is 1. The Morgan fingerprint density at radius 1 is 1.12 bits per heavy atom. The number of aromatic nitrogens is 1. The van der Waals surface area contributed by atoms with Crippen molar-refractivity contribution < 1.29 is 17.5 Å². The average Bonchev–Trinajstić information content (AvgIpc) is 2.54. The Morgan fingerprint density at radius 3 is 2.40 bits per heavy atom. The summed E-state index contributed by atoms with van der Waals surface area (Å²) in [5.74, 6) is -0.665. The number of nitrogens with zero attached hydrogens (tertiary/aromatic N) is 2. The van der Waals surface area contributed by atoms with E-state index in [1.807, 2.05) is 0 Å². The molecule has 0 aliphatic carbocycles. The molecule has 1 aromatic heterocycles. The summed E-state index contributed by atoms with van der Waals surface area (Å²) < 4.78 is 29.8. The van der Waals surface area contributed by atoms with Gasteiger partial charge in [-0.1, -0.05) is 35.9 Å². The monoisotopic (exact) mass is 359 g/mol. The number of hydrogen-bond donors (Lipinski definition) is 1. The lowest BCUT2D eigenvalue weighted by molar-refractivity contribution is -0.384. The Hall–Kier alpha value is -3.20. The number of fused-ring (bicyclic) bond motifs is 1. The number of pyridine rings is 1. The quantitative estimate of drug-likeness (QED) is 0.431. The number of benzene rings is 2. The zero-order chi connectivity index (χ0) is 18.2. The van der Waals surface area contributed by atoms with Crippen molar-refractivity contribution in [3.8, 4) is 5.88 Å². The second-order valence-corrected chi connectivity index (χ2v) is 6.85. The molecule has 2 N–H and O–H groups in total. The van der Waals surface area contributed by atoms with Gasteiger partial charge in [0.1, 0.15) is 10.6 Å². The van der Waals surface area contributed by atoms with Gasteiger partial charge in [-0.05, 0) is 25.1 Å². The Kier molecular flexibility index (Phi) is 4.01. The first-order chi connectivity index (χ1) is 11.8. The van der Waals surface area contributed by atoms with Crippen LogP contribution in [0, 0.1) is 17.0 Å². The lowest BCUT2D eigenvalue weighted by atomic mass is 10.1. The van der Waals surface area contributed by atoms with Crippen LogP contribution in [0.25, 0.3) is 10.9 Å². The van der Waals surface area contributed by atoms with Crippen LogP contribution in [0.1, 0.15) is 5.56 Å². The highest BCUT2D eigenvalue weighted by atomic mass is 32.2. The first kappa shape index (κ1) is 16.7. The van der Waals surface area contributed by atoms with E-state index in [0.29, 0.717) is 10.9 Å². The molecule has 0 saturated carbocycles.